The van der Waals surface area contributed by atoms with Crippen LogP contribution in [0.2, 0.25) is 0 Å². The number of carbonyl (C=O) groups excluding carboxylic acids is 1. The minimum atomic E-state index is -0.330. The van der Waals surface area contributed by atoms with Crippen molar-refractivity contribution in [3.05, 3.63) is 29.3 Å². The van der Waals surface area contributed by atoms with E-state index >= 15 is 0 Å². The fraction of sp³-hybridized carbons (Fsp3) is 0.562. The Bertz CT molecular complexity index is 476. The zero-order valence-corrected chi connectivity index (χ0v) is 12.8. The first-order valence-corrected chi connectivity index (χ1v) is 7.46. The van der Waals surface area contributed by atoms with Gasteiger partial charge in [-0.05, 0) is 36.5 Å². The predicted molar refractivity (Wildman–Crippen MR) is 81.0 cm³/mol. The minimum Gasteiger partial charge on any atom is -0.312 e. The van der Waals surface area contributed by atoms with E-state index in [-0.39, 0.29) is 11.3 Å². The number of fused-ring (bicyclic) bond motifs is 1. The van der Waals surface area contributed by atoms with Crippen LogP contribution in [0.1, 0.15) is 38.3 Å². The molecule has 0 aromatic heterocycles. The van der Waals surface area contributed by atoms with E-state index in [4.69, 9.17) is 11.6 Å². The smallest absolute Gasteiger partial charge is 0.232 e. The third-order valence-electron chi connectivity index (χ3n) is 3.53. The summed E-state index contributed by atoms with van der Waals surface area (Å²) in [6.45, 7) is 6.76. The average Bonchev–Trinajstić information content (AvgIpc) is 2.36. The van der Waals surface area contributed by atoms with Crippen LogP contribution in [-0.2, 0) is 17.6 Å². The van der Waals surface area contributed by atoms with Crippen molar-refractivity contribution in [2.75, 3.05) is 17.3 Å². The van der Waals surface area contributed by atoms with Crippen molar-refractivity contribution >= 4 is 23.2 Å². The molecule has 0 spiro atoms. The Labute approximate surface area is 120 Å². The fourth-order valence-electron chi connectivity index (χ4n) is 2.53. The number of halogens is 1. The highest BCUT2D eigenvalue weighted by atomic mass is 35.5. The van der Waals surface area contributed by atoms with Crippen LogP contribution in [-0.4, -0.2) is 18.3 Å². The average molecular weight is 280 g/mol. The number of carbonyl (C=O) groups is 1. The lowest BCUT2D eigenvalue weighted by Crippen LogP contribution is -2.42. The molecule has 1 amide bonds. The molecule has 0 unspecified atom stereocenters. The predicted octanol–water partition coefficient (Wildman–Crippen LogP) is 3.79. The molecule has 0 radical (unpaired) electrons. The molecule has 3 heteroatoms. The largest absolute Gasteiger partial charge is 0.312 e. The number of hydrogen-bond acceptors (Lipinski definition) is 1. The normalized spacial score (nSPS) is 15.3. The van der Waals surface area contributed by atoms with Gasteiger partial charge in [-0.1, -0.05) is 32.9 Å². The summed E-state index contributed by atoms with van der Waals surface area (Å²) < 4.78 is 0. The van der Waals surface area contributed by atoms with E-state index in [0.29, 0.717) is 5.88 Å². The second-order valence-corrected chi connectivity index (χ2v) is 6.59. The topological polar surface area (TPSA) is 20.3 Å². The van der Waals surface area contributed by atoms with Crippen molar-refractivity contribution in [2.45, 2.75) is 40.0 Å². The van der Waals surface area contributed by atoms with Gasteiger partial charge in [0.15, 0.2) is 0 Å². The number of nitrogens with zero attached hydrogens (tertiary/aromatic N) is 1. The second-order valence-electron chi connectivity index (χ2n) is 6.21. The molecule has 1 heterocycles. The maximum Gasteiger partial charge on any atom is 0.232 e. The van der Waals surface area contributed by atoms with E-state index in [9.17, 15) is 4.79 Å². The third-order valence-corrected chi connectivity index (χ3v) is 3.72. The van der Waals surface area contributed by atoms with Gasteiger partial charge in [0.05, 0.1) is 0 Å². The van der Waals surface area contributed by atoms with Gasteiger partial charge in [0.1, 0.15) is 0 Å². The number of benzene rings is 1. The van der Waals surface area contributed by atoms with Crippen LogP contribution in [0.25, 0.3) is 0 Å². The van der Waals surface area contributed by atoms with E-state index in [2.05, 4.69) is 18.2 Å². The lowest BCUT2D eigenvalue weighted by Gasteiger charge is -2.34. The minimum absolute atomic E-state index is 0.207. The fourth-order valence-corrected chi connectivity index (χ4v) is 2.75. The van der Waals surface area contributed by atoms with Gasteiger partial charge < -0.3 is 4.90 Å². The number of amides is 1. The van der Waals surface area contributed by atoms with Crippen LogP contribution in [0.5, 0.6) is 0 Å². The van der Waals surface area contributed by atoms with Crippen molar-refractivity contribution in [2.24, 2.45) is 5.41 Å². The first-order chi connectivity index (χ1) is 8.93. The van der Waals surface area contributed by atoms with Crippen molar-refractivity contribution in [1.29, 1.82) is 0 Å². The van der Waals surface area contributed by atoms with Crippen LogP contribution in [0, 0.1) is 5.41 Å². The molecule has 0 fully saturated rings. The van der Waals surface area contributed by atoms with Gasteiger partial charge in [0, 0.05) is 23.5 Å². The summed E-state index contributed by atoms with van der Waals surface area (Å²) in [6, 6.07) is 6.38. The summed E-state index contributed by atoms with van der Waals surface area (Å²) in [7, 11) is 0. The molecule has 1 aromatic carbocycles. The number of aryl methyl sites for hydroxylation is 2. The molecular weight excluding hydrogens is 258 g/mol. The van der Waals surface area contributed by atoms with Crippen LogP contribution in [0.15, 0.2) is 18.2 Å². The summed E-state index contributed by atoms with van der Waals surface area (Å²) in [4.78, 5) is 14.4. The second kappa shape index (κ2) is 5.54. The summed E-state index contributed by atoms with van der Waals surface area (Å²) in [6.07, 6.45) is 2.99. The Kier molecular flexibility index (Phi) is 4.19. The molecule has 1 aliphatic heterocycles. The van der Waals surface area contributed by atoms with Crippen LogP contribution in [0.3, 0.4) is 0 Å². The quantitative estimate of drug-likeness (QED) is 0.754. The Hall–Kier alpha value is -1.02. The molecule has 0 N–H and O–H groups in total. The first kappa shape index (κ1) is 14.4. The Morgan fingerprint density at radius 3 is 2.74 bits per heavy atom. The zero-order chi connectivity index (χ0) is 14.0. The van der Waals surface area contributed by atoms with Gasteiger partial charge >= 0.3 is 0 Å². The van der Waals surface area contributed by atoms with Crippen LogP contribution >= 0.6 is 11.6 Å². The molecule has 104 valence electrons. The van der Waals surface area contributed by atoms with Gasteiger partial charge in [0.25, 0.3) is 0 Å². The number of anilines is 1. The SMILES string of the molecule is CC(C)(C)C(=O)N1CCCc2cc(CCCl)ccc21. The Morgan fingerprint density at radius 2 is 2.11 bits per heavy atom. The molecule has 1 aromatic rings. The number of alkyl halides is 1. The van der Waals surface area contributed by atoms with E-state index in [1.54, 1.807) is 0 Å². The van der Waals surface area contributed by atoms with E-state index in [1.165, 1.54) is 11.1 Å². The summed E-state index contributed by atoms with van der Waals surface area (Å²) in [5.74, 6) is 0.849. The van der Waals surface area contributed by atoms with Gasteiger partial charge in [-0.15, -0.1) is 11.6 Å². The molecule has 0 saturated carbocycles. The molecule has 0 atom stereocenters. The van der Waals surface area contributed by atoms with Crippen molar-refractivity contribution in [3.8, 4) is 0 Å². The summed E-state index contributed by atoms with van der Waals surface area (Å²) in [5, 5.41) is 0. The van der Waals surface area contributed by atoms with Crippen LogP contribution in [0.4, 0.5) is 5.69 Å². The monoisotopic (exact) mass is 279 g/mol. The maximum atomic E-state index is 12.5. The maximum absolute atomic E-state index is 12.5. The van der Waals surface area contributed by atoms with E-state index in [1.807, 2.05) is 25.7 Å². The molecule has 2 nitrogen and oxygen atoms in total. The van der Waals surface area contributed by atoms with Crippen molar-refractivity contribution in [1.82, 2.24) is 0 Å². The lowest BCUT2D eigenvalue weighted by molar-refractivity contribution is -0.125. The summed E-state index contributed by atoms with van der Waals surface area (Å²) in [5.41, 5.74) is 3.30. The Balaban J connectivity index is 2.32. The highest BCUT2D eigenvalue weighted by molar-refractivity contribution is 6.18. The molecule has 19 heavy (non-hydrogen) atoms. The molecule has 0 saturated heterocycles. The number of hydrogen-bond donors (Lipinski definition) is 0. The molecule has 2 rings (SSSR count). The molecule has 0 bridgehead atoms. The zero-order valence-electron chi connectivity index (χ0n) is 12.0. The van der Waals surface area contributed by atoms with Gasteiger partial charge in [-0.2, -0.15) is 0 Å². The summed E-state index contributed by atoms with van der Waals surface area (Å²) >= 11 is 5.79. The van der Waals surface area contributed by atoms with Crippen LogP contribution < -0.4 is 4.90 Å². The standard InChI is InChI=1S/C16H22ClNO/c1-16(2,3)15(19)18-10-4-5-13-11-12(8-9-17)6-7-14(13)18/h6-7,11H,4-5,8-10H2,1-3H3. The number of rotatable bonds is 2. The van der Waals surface area contributed by atoms with Gasteiger partial charge in [-0.25, -0.2) is 0 Å². The molecular formula is C16H22ClNO. The van der Waals surface area contributed by atoms with E-state index in [0.717, 1.165) is 31.5 Å². The highest BCUT2D eigenvalue weighted by Gasteiger charge is 2.30. The van der Waals surface area contributed by atoms with Gasteiger partial charge in [0.2, 0.25) is 5.91 Å². The molecule has 1 aliphatic rings. The first-order valence-electron chi connectivity index (χ1n) is 6.93. The third kappa shape index (κ3) is 3.11. The Morgan fingerprint density at radius 1 is 1.37 bits per heavy atom. The highest BCUT2D eigenvalue weighted by Crippen LogP contribution is 2.31. The molecule has 0 aliphatic carbocycles. The van der Waals surface area contributed by atoms with Crippen molar-refractivity contribution < 1.29 is 4.79 Å². The van der Waals surface area contributed by atoms with Crippen molar-refractivity contribution in [3.63, 3.8) is 0 Å². The lowest BCUT2D eigenvalue weighted by atomic mass is 9.91. The van der Waals surface area contributed by atoms with Gasteiger partial charge in [-0.3, -0.25) is 4.79 Å². The van der Waals surface area contributed by atoms with E-state index < -0.39 is 0 Å².